The average Bonchev–Trinajstić information content (AvgIpc) is 2.73. The van der Waals surface area contributed by atoms with Crippen molar-refractivity contribution in [2.24, 2.45) is 0 Å². The summed E-state index contributed by atoms with van der Waals surface area (Å²) < 4.78 is 0. The molecular formula is C12H17N3O. The standard InChI is InChI=1S/C10H11N3O.C2H6/c1-12-10(14)9-5-6-4-7(11)2-3-8(6)13-9;1-2/h2-5,13H,11H2,1H3,(H,12,14);1-2H3. The molecule has 0 aliphatic carbocycles. The number of rotatable bonds is 1. The highest BCUT2D eigenvalue weighted by atomic mass is 16.1. The lowest BCUT2D eigenvalue weighted by Gasteiger charge is -1.92. The zero-order valence-electron chi connectivity index (χ0n) is 9.79. The van der Waals surface area contributed by atoms with Gasteiger partial charge in [-0.1, -0.05) is 13.8 Å². The number of aromatic amines is 1. The van der Waals surface area contributed by atoms with Gasteiger partial charge in [0.2, 0.25) is 0 Å². The Balaban J connectivity index is 0.000000606. The van der Waals surface area contributed by atoms with Crippen LogP contribution in [0.5, 0.6) is 0 Å². The fraction of sp³-hybridized carbons (Fsp3) is 0.250. The van der Waals surface area contributed by atoms with Gasteiger partial charge in [-0.15, -0.1) is 0 Å². The van der Waals surface area contributed by atoms with Crippen molar-refractivity contribution in [3.8, 4) is 0 Å². The molecule has 1 aromatic carbocycles. The highest BCUT2D eigenvalue weighted by Crippen LogP contribution is 2.18. The average molecular weight is 219 g/mol. The first-order valence-corrected chi connectivity index (χ1v) is 5.31. The minimum Gasteiger partial charge on any atom is -0.399 e. The van der Waals surface area contributed by atoms with Crippen molar-refractivity contribution in [1.29, 1.82) is 0 Å². The Morgan fingerprint density at radius 1 is 1.31 bits per heavy atom. The van der Waals surface area contributed by atoms with Gasteiger partial charge < -0.3 is 16.0 Å². The van der Waals surface area contributed by atoms with E-state index in [0.717, 1.165) is 10.9 Å². The molecule has 0 spiro atoms. The van der Waals surface area contributed by atoms with Gasteiger partial charge in [-0.25, -0.2) is 0 Å². The smallest absolute Gasteiger partial charge is 0.267 e. The predicted octanol–water partition coefficient (Wildman–Crippen LogP) is 2.14. The molecule has 0 aliphatic heterocycles. The largest absolute Gasteiger partial charge is 0.399 e. The van der Waals surface area contributed by atoms with Gasteiger partial charge in [0.05, 0.1) is 0 Å². The van der Waals surface area contributed by atoms with Crippen molar-refractivity contribution in [3.63, 3.8) is 0 Å². The fourth-order valence-corrected chi connectivity index (χ4v) is 1.41. The van der Waals surface area contributed by atoms with Gasteiger partial charge >= 0.3 is 0 Å². The van der Waals surface area contributed by atoms with Crippen LogP contribution in [0.1, 0.15) is 24.3 Å². The Hall–Kier alpha value is -1.97. The van der Waals surface area contributed by atoms with Gasteiger partial charge in [0.15, 0.2) is 0 Å². The molecule has 16 heavy (non-hydrogen) atoms. The summed E-state index contributed by atoms with van der Waals surface area (Å²) in [5.41, 5.74) is 7.79. The van der Waals surface area contributed by atoms with Crippen LogP contribution < -0.4 is 11.1 Å². The van der Waals surface area contributed by atoms with E-state index in [1.807, 2.05) is 26.0 Å². The molecule has 4 nitrogen and oxygen atoms in total. The summed E-state index contributed by atoms with van der Waals surface area (Å²) in [5.74, 6) is -0.125. The summed E-state index contributed by atoms with van der Waals surface area (Å²) in [7, 11) is 1.60. The van der Waals surface area contributed by atoms with E-state index in [4.69, 9.17) is 5.73 Å². The minimum atomic E-state index is -0.125. The van der Waals surface area contributed by atoms with Gasteiger partial charge in [0.25, 0.3) is 5.91 Å². The van der Waals surface area contributed by atoms with Crippen LogP contribution in [0, 0.1) is 0 Å². The summed E-state index contributed by atoms with van der Waals surface area (Å²) in [4.78, 5) is 14.3. The summed E-state index contributed by atoms with van der Waals surface area (Å²) in [6, 6.07) is 7.27. The Kier molecular flexibility index (Phi) is 3.94. The lowest BCUT2D eigenvalue weighted by Crippen LogP contribution is -2.17. The van der Waals surface area contributed by atoms with Gasteiger partial charge in [-0.05, 0) is 24.3 Å². The third kappa shape index (κ3) is 2.34. The molecule has 0 fully saturated rings. The van der Waals surface area contributed by atoms with Gasteiger partial charge in [-0.2, -0.15) is 0 Å². The first-order chi connectivity index (χ1) is 7.70. The maximum Gasteiger partial charge on any atom is 0.267 e. The van der Waals surface area contributed by atoms with Crippen molar-refractivity contribution in [2.45, 2.75) is 13.8 Å². The number of nitrogens with one attached hydrogen (secondary N) is 2. The molecule has 0 bridgehead atoms. The SMILES string of the molecule is CC.CNC(=O)c1cc2cc(N)ccc2[nH]1. The monoisotopic (exact) mass is 219 g/mol. The number of hydrogen-bond acceptors (Lipinski definition) is 2. The molecule has 0 aliphatic rings. The van der Waals surface area contributed by atoms with E-state index in [-0.39, 0.29) is 5.91 Å². The number of amides is 1. The van der Waals surface area contributed by atoms with E-state index < -0.39 is 0 Å². The third-order valence-corrected chi connectivity index (χ3v) is 2.12. The number of nitrogen functional groups attached to an aromatic ring is 1. The molecule has 0 radical (unpaired) electrons. The Labute approximate surface area is 94.8 Å². The first-order valence-electron chi connectivity index (χ1n) is 5.31. The maximum absolute atomic E-state index is 11.3. The van der Waals surface area contributed by atoms with Crippen LogP contribution in [0.2, 0.25) is 0 Å². The molecule has 0 unspecified atom stereocenters. The van der Waals surface area contributed by atoms with Crippen molar-refractivity contribution in [3.05, 3.63) is 30.0 Å². The number of fused-ring (bicyclic) bond motifs is 1. The molecule has 4 heteroatoms. The van der Waals surface area contributed by atoms with Crippen LogP contribution in [0.15, 0.2) is 24.3 Å². The molecule has 86 valence electrons. The van der Waals surface area contributed by atoms with Crippen LogP contribution in [-0.2, 0) is 0 Å². The predicted molar refractivity (Wildman–Crippen MR) is 67.4 cm³/mol. The second-order valence-corrected chi connectivity index (χ2v) is 3.11. The van der Waals surface area contributed by atoms with Crippen molar-refractivity contribution in [2.75, 3.05) is 12.8 Å². The quantitative estimate of drug-likeness (QED) is 0.643. The lowest BCUT2D eigenvalue weighted by atomic mass is 10.2. The van der Waals surface area contributed by atoms with Crippen LogP contribution in [-0.4, -0.2) is 17.9 Å². The molecule has 1 aromatic heterocycles. The zero-order chi connectivity index (χ0) is 12.1. The summed E-state index contributed by atoms with van der Waals surface area (Å²) in [6.45, 7) is 4.00. The fourth-order valence-electron chi connectivity index (χ4n) is 1.41. The van der Waals surface area contributed by atoms with Crippen LogP contribution in [0.4, 0.5) is 5.69 Å². The summed E-state index contributed by atoms with van der Waals surface area (Å²) in [5, 5.41) is 3.50. The van der Waals surface area contributed by atoms with E-state index in [2.05, 4.69) is 10.3 Å². The number of benzene rings is 1. The van der Waals surface area contributed by atoms with Crippen molar-refractivity contribution >= 4 is 22.5 Å². The van der Waals surface area contributed by atoms with E-state index in [9.17, 15) is 4.79 Å². The number of carbonyl (C=O) groups is 1. The highest BCUT2D eigenvalue weighted by molar-refractivity contribution is 5.98. The molecule has 1 heterocycles. The second kappa shape index (κ2) is 5.21. The van der Waals surface area contributed by atoms with Crippen molar-refractivity contribution < 1.29 is 4.79 Å². The Bertz CT molecular complexity index is 488. The van der Waals surface area contributed by atoms with Gasteiger partial charge in [0.1, 0.15) is 5.69 Å². The maximum atomic E-state index is 11.3. The molecular weight excluding hydrogens is 202 g/mol. The van der Waals surface area contributed by atoms with Gasteiger partial charge in [-0.3, -0.25) is 4.79 Å². The van der Waals surface area contributed by atoms with Crippen LogP contribution in [0.3, 0.4) is 0 Å². The molecule has 0 saturated carbocycles. The summed E-state index contributed by atoms with van der Waals surface area (Å²) in [6.07, 6.45) is 0. The second-order valence-electron chi connectivity index (χ2n) is 3.11. The number of hydrogen-bond donors (Lipinski definition) is 3. The van der Waals surface area contributed by atoms with E-state index >= 15 is 0 Å². The molecule has 0 atom stereocenters. The van der Waals surface area contributed by atoms with E-state index in [0.29, 0.717) is 11.4 Å². The zero-order valence-corrected chi connectivity index (χ0v) is 9.79. The molecule has 4 N–H and O–H groups in total. The molecule has 1 amide bonds. The molecule has 2 rings (SSSR count). The highest BCUT2D eigenvalue weighted by Gasteiger charge is 2.06. The lowest BCUT2D eigenvalue weighted by molar-refractivity contribution is 0.0959. The number of nitrogens with two attached hydrogens (primary N) is 1. The van der Waals surface area contributed by atoms with Crippen LogP contribution in [0.25, 0.3) is 10.9 Å². The van der Waals surface area contributed by atoms with E-state index in [1.165, 1.54) is 0 Å². The number of H-pyrrole nitrogens is 1. The minimum absolute atomic E-state index is 0.125. The third-order valence-electron chi connectivity index (χ3n) is 2.12. The normalized spacial score (nSPS) is 9.44. The van der Waals surface area contributed by atoms with Crippen molar-refractivity contribution in [1.82, 2.24) is 10.3 Å². The number of anilines is 1. The first kappa shape index (κ1) is 12.1. The topological polar surface area (TPSA) is 70.9 Å². The van der Waals surface area contributed by atoms with E-state index in [1.54, 1.807) is 19.2 Å². The van der Waals surface area contributed by atoms with Crippen LogP contribution >= 0.6 is 0 Å². The number of aromatic nitrogens is 1. The van der Waals surface area contributed by atoms with Gasteiger partial charge in [0, 0.05) is 23.6 Å². The molecule has 0 saturated heterocycles. The Morgan fingerprint density at radius 3 is 2.62 bits per heavy atom. The Morgan fingerprint density at radius 2 is 2.00 bits per heavy atom. The molecule has 2 aromatic rings. The number of carbonyl (C=O) groups excluding carboxylic acids is 1. The summed E-state index contributed by atoms with van der Waals surface area (Å²) >= 11 is 0.